The number of anilines is 2. The first-order chi connectivity index (χ1) is 11.7. The summed E-state index contributed by atoms with van der Waals surface area (Å²) in [6, 6.07) is 4.50. The fourth-order valence-corrected chi connectivity index (χ4v) is 3.13. The molecule has 2 aromatic rings. The number of aromatic nitrogens is 2. The van der Waals surface area contributed by atoms with E-state index in [1.165, 1.54) is 28.4 Å². The Bertz CT molecular complexity index is 821. The standard InChI is InChI=1S/C15H13F3N4O2S/c1-8-20-21-14(25-8)19-13(24)9-5-12(23)22(7-9)11-4-2-3-10(6-11)15(16,17)18/h2-4,6,9H,5,7H2,1H3,(H,19,21,24)/t9-/m0/s1. The van der Waals surface area contributed by atoms with Gasteiger partial charge in [-0.05, 0) is 25.1 Å². The monoisotopic (exact) mass is 370 g/mol. The zero-order valence-electron chi connectivity index (χ0n) is 13.0. The topological polar surface area (TPSA) is 75.2 Å². The molecule has 132 valence electrons. The van der Waals surface area contributed by atoms with Crippen molar-refractivity contribution in [1.29, 1.82) is 0 Å². The van der Waals surface area contributed by atoms with Gasteiger partial charge in [0.2, 0.25) is 16.9 Å². The van der Waals surface area contributed by atoms with Crippen LogP contribution in [0, 0.1) is 12.8 Å². The van der Waals surface area contributed by atoms with Gasteiger partial charge in [-0.2, -0.15) is 13.2 Å². The quantitative estimate of drug-likeness (QED) is 0.902. The first kappa shape index (κ1) is 17.3. The molecule has 0 saturated carbocycles. The molecule has 1 aliphatic heterocycles. The summed E-state index contributed by atoms with van der Waals surface area (Å²) < 4.78 is 38.5. The number of rotatable bonds is 3. The van der Waals surface area contributed by atoms with Gasteiger partial charge in [0.1, 0.15) is 5.01 Å². The van der Waals surface area contributed by atoms with Crippen molar-refractivity contribution in [3.05, 3.63) is 34.8 Å². The van der Waals surface area contributed by atoms with Gasteiger partial charge in [-0.1, -0.05) is 17.4 Å². The number of nitrogens with zero attached hydrogens (tertiary/aromatic N) is 3. The third-order valence-electron chi connectivity index (χ3n) is 3.74. The van der Waals surface area contributed by atoms with Crippen LogP contribution in [-0.4, -0.2) is 28.6 Å². The summed E-state index contributed by atoms with van der Waals surface area (Å²) in [5.41, 5.74) is -0.711. The third-order valence-corrected chi connectivity index (χ3v) is 4.49. The average molecular weight is 370 g/mol. The van der Waals surface area contributed by atoms with Gasteiger partial charge < -0.3 is 10.2 Å². The summed E-state index contributed by atoms with van der Waals surface area (Å²) in [4.78, 5) is 25.6. The van der Waals surface area contributed by atoms with E-state index in [0.717, 1.165) is 12.1 Å². The van der Waals surface area contributed by atoms with Gasteiger partial charge in [0.25, 0.3) is 0 Å². The maximum absolute atomic E-state index is 12.8. The Hall–Kier alpha value is -2.49. The molecule has 1 aromatic heterocycles. The number of hydrogen-bond acceptors (Lipinski definition) is 5. The van der Waals surface area contributed by atoms with E-state index in [1.54, 1.807) is 6.92 Å². The molecule has 1 aliphatic rings. The lowest BCUT2D eigenvalue weighted by Gasteiger charge is -2.18. The highest BCUT2D eigenvalue weighted by molar-refractivity contribution is 7.15. The van der Waals surface area contributed by atoms with E-state index < -0.39 is 29.5 Å². The summed E-state index contributed by atoms with van der Waals surface area (Å²) in [5, 5.41) is 11.1. The van der Waals surface area contributed by atoms with Gasteiger partial charge in [0, 0.05) is 18.7 Å². The van der Waals surface area contributed by atoms with E-state index in [1.807, 2.05) is 0 Å². The predicted octanol–water partition coefficient (Wildman–Crippen LogP) is 2.86. The highest BCUT2D eigenvalue weighted by atomic mass is 32.1. The van der Waals surface area contributed by atoms with Gasteiger partial charge in [-0.15, -0.1) is 10.2 Å². The molecule has 0 bridgehead atoms. The van der Waals surface area contributed by atoms with Crippen LogP contribution in [0.15, 0.2) is 24.3 Å². The van der Waals surface area contributed by atoms with Crippen molar-refractivity contribution in [2.24, 2.45) is 5.92 Å². The normalized spacial score (nSPS) is 17.8. The van der Waals surface area contributed by atoms with Crippen molar-refractivity contribution in [3.8, 4) is 0 Å². The van der Waals surface area contributed by atoms with Crippen LogP contribution in [0.2, 0.25) is 0 Å². The Labute approximate surface area is 144 Å². The molecule has 3 rings (SSSR count). The van der Waals surface area contributed by atoms with Crippen molar-refractivity contribution in [1.82, 2.24) is 10.2 Å². The minimum absolute atomic E-state index is 0.0176. The summed E-state index contributed by atoms with van der Waals surface area (Å²) in [5.74, 6) is -1.46. The van der Waals surface area contributed by atoms with Crippen LogP contribution in [0.25, 0.3) is 0 Å². The molecular formula is C15H13F3N4O2S. The lowest BCUT2D eigenvalue weighted by molar-refractivity contribution is -0.137. The third kappa shape index (κ3) is 3.78. The van der Waals surface area contributed by atoms with E-state index in [4.69, 9.17) is 0 Å². The Balaban J connectivity index is 1.73. The van der Waals surface area contributed by atoms with E-state index in [9.17, 15) is 22.8 Å². The Kier molecular flexibility index (Phi) is 4.46. The van der Waals surface area contributed by atoms with Crippen molar-refractivity contribution < 1.29 is 22.8 Å². The smallest absolute Gasteiger partial charge is 0.312 e. The minimum atomic E-state index is -4.49. The van der Waals surface area contributed by atoms with Gasteiger partial charge in [0.15, 0.2) is 0 Å². The molecule has 1 aromatic carbocycles. The van der Waals surface area contributed by atoms with E-state index >= 15 is 0 Å². The number of carbonyl (C=O) groups excluding carboxylic acids is 2. The van der Waals surface area contributed by atoms with Gasteiger partial charge in [-0.3, -0.25) is 9.59 Å². The van der Waals surface area contributed by atoms with Crippen LogP contribution < -0.4 is 10.2 Å². The molecule has 1 saturated heterocycles. The second-order valence-electron chi connectivity index (χ2n) is 5.57. The molecule has 0 aliphatic carbocycles. The molecule has 0 unspecified atom stereocenters. The number of halogens is 3. The van der Waals surface area contributed by atoms with Gasteiger partial charge in [0.05, 0.1) is 11.5 Å². The van der Waals surface area contributed by atoms with Crippen LogP contribution in [0.3, 0.4) is 0 Å². The van der Waals surface area contributed by atoms with Crippen LogP contribution >= 0.6 is 11.3 Å². The number of amides is 2. The summed E-state index contributed by atoms with van der Waals surface area (Å²) >= 11 is 1.20. The number of benzene rings is 1. The zero-order valence-corrected chi connectivity index (χ0v) is 13.8. The highest BCUT2D eigenvalue weighted by Gasteiger charge is 2.37. The summed E-state index contributed by atoms with van der Waals surface area (Å²) in [6.45, 7) is 1.76. The molecular weight excluding hydrogens is 357 g/mol. The Morgan fingerprint density at radius 2 is 2.12 bits per heavy atom. The summed E-state index contributed by atoms with van der Waals surface area (Å²) in [6.07, 6.45) is -4.56. The van der Waals surface area contributed by atoms with Crippen LogP contribution in [-0.2, 0) is 15.8 Å². The zero-order chi connectivity index (χ0) is 18.2. The van der Waals surface area contributed by atoms with Gasteiger partial charge in [-0.25, -0.2) is 0 Å². The first-order valence-electron chi connectivity index (χ1n) is 7.32. The largest absolute Gasteiger partial charge is 0.416 e. The van der Waals surface area contributed by atoms with E-state index in [2.05, 4.69) is 15.5 Å². The molecule has 25 heavy (non-hydrogen) atoms. The van der Waals surface area contributed by atoms with Crippen LogP contribution in [0.4, 0.5) is 24.0 Å². The lowest BCUT2D eigenvalue weighted by Crippen LogP contribution is -2.28. The molecule has 1 atom stereocenters. The van der Waals surface area contributed by atoms with Crippen molar-refractivity contribution >= 4 is 34.0 Å². The number of hydrogen-bond donors (Lipinski definition) is 1. The van der Waals surface area contributed by atoms with Gasteiger partial charge >= 0.3 is 6.18 Å². The fraction of sp³-hybridized carbons (Fsp3) is 0.333. The number of alkyl halides is 3. The molecule has 10 heteroatoms. The number of aryl methyl sites for hydroxylation is 1. The van der Waals surface area contributed by atoms with Crippen molar-refractivity contribution in [3.63, 3.8) is 0 Å². The molecule has 2 amide bonds. The second-order valence-corrected chi connectivity index (χ2v) is 6.75. The minimum Gasteiger partial charge on any atom is -0.312 e. The lowest BCUT2D eigenvalue weighted by atomic mass is 10.1. The SMILES string of the molecule is Cc1nnc(NC(=O)[C@H]2CC(=O)N(c3cccc(C(F)(F)F)c3)C2)s1. The Morgan fingerprint density at radius 3 is 2.76 bits per heavy atom. The fourth-order valence-electron chi connectivity index (χ4n) is 2.54. The van der Waals surface area contributed by atoms with E-state index in [0.29, 0.717) is 10.1 Å². The molecule has 0 radical (unpaired) electrons. The summed E-state index contributed by atoms with van der Waals surface area (Å²) in [7, 11) is 0. The maximum atomic E-state index is 12.8. The molecule has 1 fully saturated rings. The number of nitrogens with one attached hydrogen (secondary N) is 1. The molecule has 1 N–H and O–H groups in total. The predicted molar refractivity (Wildman–Crippen MR) is 85.2 cm³/mol. The van der Waals surface area contributed by atoms with Crippen molar-refractivity contribution in [2.45, 2.75) is 19.5 Å². The van der Waals surface area contributed by atoms with E-state index in [-0.39, 0.29) is 18.7 Å². The molecule has 0 spiro atoms. The number of carbonyl (C=O) groups is 2. The van der Waals surface area contributed by atoms with Crippen LogP contribution in [0.1, 0.15) is 17.0 Å². The molecule has 6 nitrogen and oxygen atoms in total. The first-order valence-corrected chi connectivity index (χ1v) is 8.14. The average Bonchev–Trinajstić information content (AvgIpc) is 3.12. The highest BCUT2D eigenvalue weighted by Crippen LogP contribution is 2.33. The Morgan fingerprint density at radius 1 is 1.36 bits per heavy atom. The maximum Gasteiger partial charge on any atom is 0.416 e. The second kappa shape index (κ2) is 6.43. The van der Waals surface area contributed by atoms with Crippen molar-refractivity contribution in [2.75, 3.05) is 16.8 Å². The molecule has 2 heterocycles. The van der Waals surface area contributed by atoms with Crippen LogP contribution in [0.5, 0.6) is 0 Å².